The molecule has 0 bridgehead atoms. The second kappa shape index (κ2) is 6.70. The highest BCUT2D eigenvalue weighted by Crippen LogP contribution is 2.24. The van der Waals surface area contributed by atoms with Gasteiger partial charge in [0.05, 0.1) is 6.61 Å². The maximum Gasteiger partial charge on any atom is 0.124 e. The van der Waals surface area contributed by atoms with Gasteiger partial charge >= 0.3 is 0 Å². The van der Waals surface area contributed by atoms with Gasteiger partial charge in [-0.1, -0.05) is 13.0 Å². The predicted molar refractivity (Wildman–Crippen MR) is 79.3 cm³/mol. The quantitative estimate of drug-likeness (QED) is 0.754. The van der Waals surface area contributed by atoms with Crippen LogP contribution in [0.4, 0.5) is 5.69 Å². The van der Waals surface area contributed by atoms with Gasteiger partial charge in [-0.05, 0) is 30.7 Å². The summed E-state index contributed by atoms with van der Waals surface area (Å²) < 4.78 is 5.56. The van der Waals surface area contributed by atoms with E-state index in [9.17, 15) is 10.2 Å². The highest BCUT2D eigenvalue weighted by atomic mass is 16.5. The molecule has 0 saturated heterocycles. The van der Waals surface area contributed by atoms with Gasteiger partial charge in [-0.15, -0.1) is 0 Å². The normalized spacial score (nSPS) is 10.2. The van der Waals surface area contributed by atoms with Gasteiger partial charge < -0.3 is 20.3 Å². The van der Waals surface area contributed by atoms with Crippen LogP contribution in [0.5, 0.6) is 17.2 Å². The van der Waals surface area contributed by atoms with Gasteiger partial charge in [0.1, 0.15) is 17.2 Å². The first-order valence-electron chi connectivity index (χ1n) is 6.66. The largest absolute Gasteiger partial charge is 0.508 e. The zero-order chi connectivity index (χ0) is 14.4. The monoisotopic (exact) mass is 273 g/mol. The summed E-state index contributed by atoms with van der Waals surface area (Å²) in [4.78, 5) is 0. The lowest BCUT2D eigenvalue weighted by Gasteiger charge is -2.10. The van der Waals surface area contributed by atoms with Crippen molar-refractivity contribution in [3.8, 4) is 17.2 Å². The molecule has 4 heteroatoms. The van der Waals surface area contributed by atoms with E-state index < -0.39 is 0 Å². The van der Waals surface area contributed by atoms with Crippen LogP contribution in [-0.2, 0) is 6.54 Å². The highest BCUT2D eigenvalue weighted by molar-refractivity contribution is 5.49. The summed E-state index contributed by atoms with van der Waals surface area (Å²) in [5, 5.41) is 22.2. The summed E-state index contributed by atoms with van der Waals surface area (Å²) >= 11 is 0. The van der Waals surface area contributed by atoms with Gasteiger partial charge in [0.2, 0.25) is 0 Å². The van der Waals surface area contributed by atoms with E-state index in [0.717, 1.165) is 23.4 Å². The van der Waals surface area contributed by atoms with Crippen molar-refractivity contribution in [3.63, 3.8) is 0 Å². The molecule has 0 radical (unpaired) electrons. The molecule has 106 valence electrons. The maximum atomic E-state index is 9.72. The van der Waals surface area contributed by atoms with Gasteiger partial charge in [-0.2, -0.15) is 0 Å². The summed E-state index contributed by atoms with van der Waals surface area (Å²) in [6.45, 7) is 3.24. The maximum absolute atomic E-state index is 9.72. The predicted octanol–water partition coefficient (Wildman–Crippen LogP) is 3.50. The minimum Gasteiger partial charge on any atom is -0.508 e. The number of ether oxygens (including phenoxy) is 1. The Balaban J connectivity index is 1.99. The van der Waals surface area contributed by atoms with Crippen molar-refractivity contribution in [2.24, 2.45) is 0 Å². The van der Waals surface area contributed by atoms with Crippen LogP contribution in [0, 0.1) is 0 Å². The summed E-state index contributed by atoms with van der Waals surface area (Å²) in [6, 6.07) is 12.3. The molecule has 0 aromatic heterocycles. The fourth-order valence-electron chi connectivity index (χ4n) is 1.81. The van der Waals surface area contributed by atoms with Crippen LogP contribution < -0.4 is 10.1 Å². The van der Waals surface area contributed by atoms with E-state index in [1.165, 1.54) is 6.07 Å². The summed E-state index contributed by atoms with van der Waals surface area (Å²) in [5.41, 5.74) is 1.65. The Labute approximate surface area is 118 Å². The Morgan fingerprint density at radius 1 is 1.10 bits per heavy atom. The first-order valence-corrected chi connectivity index (χ1v) is 6.66. The third-order valence-corrected chi connectivity index (χ3v) is 2.86. The summed E-state index contributed by atoms with van der Waals surface area (Å²) in [7, 11) is 0. The Bertz CT molecular complexity index is 569. The Kier molecular flexibility index (Phi) is 4.71. The van der Waals surface area contributed by atoms with E-state index in [2.05, 4.69) is 12.2 Å². The third kappa shape index (κ3) is 3.82. The van der Waals surface area contributed by atoms with Crippen LogP contribution in [-0.4, -0.2) is 16.8 Å². The van der Waals surface area contributed by atoms with Gasteiger partial charge in [0.15, 0.2) is 0 Å². The van der Waals surface area contributed by atoms with Crippen LogP contribution in [0.1, 0.15) is 18.9 Å². The van der Waals surface area contributed by atoms with Crippen molar-refractivity contribution in [2.75, 3.05) is 11.9 Å². The van der Waals surface area contributed by atoms with Gasteiger partial charge in [-0.25, -0.2) is 0 Å². The lowest BCUT2D eigenvalue weighted by molar-refractivity contribution is 0.317. The molecule has 0 amide bonds. The standard InChI is InChI=1S/C16H19NO3/c1-2-8-20-15-5-3-4-13(9-15)17-11-12-6-7-14(18)10-16(12)19/h3-7,9-10,17-19H,2,8,11H2,1H3. The molecule has 0 fully saturated rings. The molecular weight excluding hydrogens is 254 g/mol. The number of nitrogens with one attached hydrogen (secondary N) is 1. The van der Waals surface area contributed by atoms with Crippen molar-refractivity contribution in [1.29, 1.82) is 0 Å². The number of rotatable bonds is 6. The third-order valence-electron chi connectivity index (χ3n) is 2.86. The molecule has 2 aromatic carbocycles. The fourth-order valence-corrected chi connectivity index (χ4v) is 1.81. The zero-order valence-electron chi connectivity index (χ0n) is 11.5. The lowest BCUT2D eigenvalue weighted by atomic mass is 10.2. The molecule has 0 heterocycles. The Morgan fingerprint density at radius 3 is 2.70 bits per heavy atom. The second-order valence-corrected chi connectivity index (χ2v) is 4.54. The Morgan fingerprint density at radius 2 is 1.95 bits per heavy atom. The van der Waals surface area contributed by atoms with E-state index in [-0.39, 0.29) is 11.5 Å². The Hall–Kier alpha value is -2.36. The van der Waals surface area contributed by atoms with Crippen molar-refractivity contribution in [3.05, 3.63) is 48.0 Å². The first kappa shape index (κ1) is 14.1. The smallest absolute Gasteiger partial charge is 0.124 e. The van der Waals surface area contributed by atoms with Crippen LogP contribution in [0.15, 0.2) is 42.5 Å². The van der Waals surface area contributed by atoms with Gasteiger partial charge in [-0.3, -0.25) is 0 Å². The van der Waals surface area contributed by atoms with E-state index >= 15 is 0 Å². The molecule has 0 unspecified atom stereocenters. The topological polar surface area (TPSA) is 61.7 Å². The zero-order valence-corrected chi connectivity index (χ0v) is 11.5. The van der Waals surface area contributed by atoms with Crippen molar-refractivity contribution in [2.45, 2.75) is 19.9 Å². The minimum atomic E-state index is 0.0567. The summed E-state index contributed by atoms with van der Waals surface area (Å²) in [5.74, 6) is 0.962. The van der Waals surface area contributed by atoms with Crippen LogP contribution in [0.2, 0.25) is 0 Å². The van der Waals surface area contributed by atoms with Crippen LogP contribution >= 0.6 is 0 Å². The molecule has 0 aliphatic rings. The fraction of sp³-hybridized carbons (Fsp3) is 0.250. The number of hydrogen-bond acceptors (Lipinski definition) is 4. The molecule has 0 aliphatic carbocycles. The van der Waals surface area contributed by atoms with Gasteiger partial charge in [0, 0.05) is 29.9 Å². The lowest BCUT2D eigenvalue weighted by Crippen LogP contribution is -2.00. The SMILES string of the molecule is CCCOc1cccc(NCc2ccc(O)cc2O)c1. The molecule has 2 rings (SSSR count). The molecular formula is C16H19NO3. The van der Waals surface area contributed by atoms with Gasteiger partial charge in [0.25, 0.3) is 0 Å². The van der Waals surface area contributed by atoms with Crippen molar-refractivity contribution >= 4 is 5.69 Å². The average Bonchev–Trinajstić information content (AvgIpc) is 2.45. The van der Waals surface area contributed by atoms with E-state index in [0.29, 0.717) is 13.2 Å². The molecule has 2 aromatic rings. The second-order valence-electron chi connectivity index (χ2n) is 4.54. The average molecular weight is 273 g/mol. The molecule has 4 nitrogen and oxygen atoms in total. The number of phenolic OH excluding ortho intramolecular Hbond substituents is 2. The molecule has 0 aliphatic heterocycles. The van der Waals surface area contributed by atoms with Crippen LogP contribution in [0.3, 0.4) is 0 Å². The molecule has 20 heavy (non-hydrogen) atoms. The van der Waals surface area contributed by atoms with E-state index in [1.807, 2.05) is 24.3 Å². The van der Waals surface area contributed by atoms with Crippen LogP contribution in [0.25, 0.3) is 0 Å². The number of benzene rings is 2. The number of aromatic hydroxyl groups is 2. The van der Waals surface area contributed by atoms with E-state index in [4.69, 9.17) is 4.74 Å². The number of hydrogen-bond donors (Lipinski definition) is 3. The molecule has 0 saturated carbocycles. The molecule has 3 N–H and O–H groups in total. The summed E-state index contributed by atoms with van der Waals surface area (Å²) in [6.07, 6.45) is 0.971. The number of anilines is 1. The highest BCUT2D eigenvalue weighted by Gasteiger charge is 2.03. The van der Waals surface area contributed by atoms with E-state index in [1.54, 1.807) is 12.1 Å². The van der Waals surface area contributed by atoms with Crippen molar-refractivity contribution < 1.29 is 14.9 Å². The van der Waals surface area contributed by atoms with Crippen molar-refractivity contribution in [1.82, 2.24) is 0 Å². The first-order chi connectivity index (χ1) is 9.69. The molecule has 0 spiro atoms. The number of phenols is 2. The minimum absolute atomic E-state index is 0.0567. The molecule has 0 atom stereocenters.